The van der Waals surface area contributed by atoms with Crippen LogP contribution in [0.25, 0.3) is 22.3 Å². The highest BCUT2D eigenvalue weighted by atomic mass is 32.2. The van der Waals surface area contributed by atoms with Gasteiger partial charge in [-0.25, -0.2) is 18.4 Å². The molecule has 0 radical (unpaired) electrons. The molecule has 1 amide bonds. The highest BCUT2D eigenvalue weighted by Gasteiger charge is 2.17. The molecule has 0 aliphatic carbocycles. The second kappa shape index (κ2) is 9.90. The van der Waals surface area contributed by atoms with Gasteiger partial charge in [-0.15, -0.1) is 11.3 Å². The molecule has 2 heterocycles. The van der Waals surface area contributed by atoms with Crippen LogP contribution in [-0.4, -0.2) is 35.0 Å². The van der Waals surface area contributed by atoms with Gasteiger partial charge in [0.05, 0.1) is 27.4 Å². The number of para-hydroxylation sites is 2. The molecule has 0 aliphatic heterocycles. The number of hydrogen-bond acceptors (Lipinski definition) is 7. The minimum absolute atomic E-state index is 0.0728. The summed E-state index contributed by atoms with van der Waals surface area (Å²) in [5.41, 5.74) is 3.86. The first-order valence-corrected chi connectivity index (χ1v) is 13.8. The van der Waals surface area contributed by atoms with Crippen molar-refractivity contribution >= 4 is 60.9 Å². The summed E-state index contributed by atoms with van der Waals surface area (Å²) in [6.45, 7) is 0. The zero-order valence-electron chi connectivity index (χ0n) is 18.1. The number of benzene rings is 3. The molecule has 0 spiro atoms. The topological polar surface area (TPSA) is 117 Å². The number of rotatable bonds is 8. The fourth-order valence-electron chi connectivity index (χ4n) is 3.28. The zero-order chi connectivity index (χ0) is 24.3. The molecule has 3 aromatic carbocycles. The molecule has 5 aromatic rings. The fourth-order valence-corrected chi connectivity index (χ4v) is 5.94. The van der Waals surface area contributed by atoms with E-state index < -0.39 is 10.0 Å². The van der Waals surface area contributed by atoms with Gasteiger partial charge in [0.1, 0.15) is 0 Å². The van der Waals surface area contributed by atoms with E-state index in [9.17, 15) is 13.2 Å². The molecule has 0 fully saturated rings. The summed E-state index contributed by atoms with van der Waals surface area (Å²) in [5, 5.41) is 5.51. The molecule has 2 aromatic heterocycles. The number of nitrogens with zero attached hydrogens (tertiary/aromatic N) is 2. The van der Waals surface area contributed by atoms with Crippen molar-refractivity contribution in [3.63, 3.8) is 0 Å². The summed E-state index contributed by atoms with van der Waals surface area (Å²) >= 11 is 2.51. The average Bonchev–Trinajstić information content (AvgIpc) is 3.50. The van der Waals surface area contributed by atoms with E-state index in [1.54, 1.807) is 17.5 Å². The lowest BCUT2D eigenvalue weighted by molar-refractivity contribution is -0.113. The highest BCUT2D eigenvalue weighted by Crippen LogP contribution is 2.27. The largest absolute Gasteiger partial charge is 0.333 e. The molecule has 176 valence electrons. The zero-order valence-corrected chi connectivity index (χ0v) is 20.6. The van der Waals surface area contributed by atoms with Crippen molar-refractivity contribution in [2.45, 2.75) is 10.1 Å². The number of H-pyrrole nitrogens is 1. The van der Waals surface area contributed by atoms with E-state index in [2.05, 4.69) is 25.0 Å². The molecule has 3 N–H and O–H groups in total. The number of thioether (sulfide) groups is 1. The Balaban J connectivity index is 1.18. The predicted molar refractivity (Wildman–Crippen MR) is 140 cm³/mol. The SMILES string of the molecule is O=C(CSc1nc2ccccc2[nH]1)Nc1ccc(S(=O)(=O)Nc2nc(-c3ccccc3)cs2)cc1. The van der Waals surface area contributed by atoms with E-state index in [1.165, 1.54) is 35.2 Å². The molecule has 0 atom stereocenters. The molecule has 8 nitrogen and oxygen atoms in total. The Kier molecular flexibility index (Phi) is 6.53. The van der Waals surface area contributed by atoms with Crippen LogP contribution in [-0.2, 0) is 14.8 Å². The smallest absolute Gasteiger partial charge is 0.263 e. The van der Waals surface area contributed by atoms with Crippen LogP contribution in [0, 0.1) is 0 Å². The van der Waals surface area contributed by atoms with Crippen molar-refractivity contribution in [1.29, 1.82) is 0 Å². The first-order valence-electron chi connectivity index (χ1n) is 10.5. The normalized spacial score (nSPS) is 11.4. The Morgan fingerprint density at radius 3 is 2.46 bits per heavy atom. The second-order valence-electron chi connectivity index (χ2n) is 7.43. The maximum Gasteiger partial charge on any atom is 0.263 e. The Hall–Kier alpha value is -3.67. The van der Waals surface area contributed by atoms with Gasteiger partial charge in [-0.1, -0.05) is 54.2 Å². The number of carbonyl (C=O) groups is 1. The lowest BCUT2D eigenvalue weighted by Crippen LogP contribution is -2.15. The van der Waals surface area contributed by atoms with Gasteiger partial charge in [-0.05, 0) is 36.4 Å². The lowest BCUT2D eigenvalue weighted by atomic mass is 10.2. The van der Waals surface area contributed by atoms with Gasteiger partial charge < -0.3 is 10.3 Å². The third kappa shape index (κ3) is 5.53. The molecule has 0 saturated heterocycles. The number of amides is 1. The molecular weight excluding hydrogens is 502 g/mol. The van der Waals surface area contributed by atoms with Crippen LogP contribution in [0.5, 0.6) is 0 Å². The summed E-state index contributed by atoms with van der Waals surface area (Å²) in [4.78, 5) is 24.4. The number of carbonyl (C=O) groups excluding carboxylic acids is 1. The molecule has 11 heteroatoms. The molecule has 0 bridgehead atoms. The Morgan fingerprint density at radius 1 is 0.943 bits per heavy atom. The molecular formula is C24H19N5O3S3. The minimum Gasteiger partial charge on any atom is -0.333 e. The molecule has 35 heavy (non-hydrogen) atoms. The molecule has 5 rings (SSSR count). The van der Waals surface area contributed by atoms with E-state index in [1.807, 2.05) is 54.6 Å². The quantitative estimate of drug-likeness (QED) is 0.241. The number of fused-ring (bicyclic) bond motifs is 1. The third-order valence-electron chi connectivity index (χ3n) is 4.95. The van der Waals surface area contributed by atoms with Crippen molar-refractivity contribution < 1.29 is 13.2 Å². The van der Waals surface area contributed by atoms with E-state index >= 15 is 0 Å². The monoisotopic (exact) mass is 521 g/mol. The molecule has 0 aliphatic rings. The Morgan fingerprint density at radius 2 is 1.69 bits per heavy atom. The van der Waals surface area contributed by atoms with Crippen molar-refractivity contribution in [3.05, 3.63) is 84.2 Å². The summed E-state index contributed by atoms with van der Waals surface area (Å²) in [7, 11) is -3.82. The number of hydrogen-bond donors (Lipinski definition) is 3. The second-order valence-corrected chi connectivity index (χ2v) is 10.9. The minimum atomic E-state index is -3.82. The van der Waals surface area contributed by atoms with Gasteiger partial charge in [-0.3, -0.25) is 9.52 Å². The van der Waals surface area contributed by atoms with Crippen LogP contribution in [0.3, 0.4) is 0 Å². The maximum absolute atomic E-state index is 12.8. The van der Waals surface area contributed by atoms with E-state index in [0.29, 0.717) is 16.5 Å². The molecule has 0 unspecified atom stereocenters. The first-order chi connectivity index (χ1) is 17.0. The number of anilines is 2. The summed E-state index contributed by atoms with van der Waals surface area (Å²) in [5.74, 6) is -0.0599. The Bertz CT molecular complexity index is 1550. The number of aromatic nitrogens is 3. The van der Waals surface area contributed by atoms with Crippen molar-refractivity contribution in [2.24, 2.45) is 0 Å². The van der Waals surface area contributed by atoms with Gasteiger partial charge in [0.25, 0.3) is 10.0 Å². The van der Waals surface area contributed by atoms with Crippen LogP contribution in [0.15, 0.2) is 94.3 Å². The predicted octanol–water partition coefficient (Wildman–Crippen LogP) is 5.22. The number of sulfonamides is 1. The number of nitrogens with one attached hydrogen (secondary N) is 3. The van der Waals surface area contributed by atoms with Crippen LogP contribution < -0.4 is 10.0 Å². The molecule has 0 saturated carbocycles. The van der Waals surface area contributed by atoms with Crippen molar-refractivity contribution in [3.8, 4) is 11.3 Å². The standard InChI is InChI=1S/C24H19N5O3S3/c30-22(15-34-23-26-19-8-4-5-9-20(19)27-23)25-17-10-12-18(13-11-17)35(31,32)29-24-28-21(14-33-24)16-6-2-1-3-7-16/h1-14H,15H2,(H,25,30)(H,26,27)(H,28,29). The highest BCUT2D eigenvalue weighted by molar-refractivity contribution is 7.99. The first kappa shape index (κ1) is 23.1. The van der Waals surface area contributed by atoms with Gasteiger partial charge in [0, 0.05) is 16.6 Å². The van der Waals surface area contributed by atoms with Gasteiger partial charge >= 0.3 is 0 Å². The average molecular weight is 522 g/mol. The maximum atomic E-state index is 12.8. The summed E-state index contributed by atoms with van der Waals surface area (Å²) in [6, 6.07) is 23.2. The number of aromatic amines is 1. The summed E-state index contributed by atoms with van der Waals surface area (Å²) in [6.07, 6.45) is 0. The number of thiazole rings is 1. The van der Waals surface area contributed by atoms with Crippen LogP contribution in [0.2, 0.25) is 0 Å². The number of imidazole rings is 1. The van der Waals surface area contributed by atoms with Crippen molar-refractivity contribution in [1.82, 2.24) is 15.0 Å². The summed E-state index contributed by atoms with van der Waals surface area (Å²) < 4.78 is 28.1. The van der Waals surface area contributed by atoms with Crippen molar-refractivity contribution in [2.75, 3.05) is 15.8 Å². The fraction of sp³-hybridized carbons (Fsp3) is 0.0417. The third-order valence-corrected chi connectivity index (χ3v) is 8.07. The lowest BCUT2D eigenvalue weighted by Gasteiger charge is -2.08. The van der Waals surface area contributed by atoms with Gasteiger partial charge in [0.15, 0.2) is 10.3 Å². The van der Waals surface area contributed by atoms with Gasteiger partial charge in [-0.2, -0.15) is 0 Å². The van der Waals surface area contributed by atoms with E-state index in [0.717, 1.165) is 16.6 Å². The van der Waals surface area contributed by atoms with Crippen LogP contribution in [0.1, 0.15) is 0 Å². The van der Waals surface area contributed by atoms with E-state index in [-0.39, 0.29) is 21.7 Å². The Labute approximate surface area is 209 Å². The van der Waals surface area contributed by atoms with Crippen LogP contribution in [0.4, 0.5) is 10.8 Å². The van der Waals surface area contributed by atoms with E-state index in [4.69, 9.17) is 0 Å². The van der Waals surface area contributed by atoms with Gasteiger partial charge in [0.2, 0.25) is 5.91 Å². The van der Waals surface area contributed by atoms with Crippen LogP contribution >= 0.6 is 23.1 Å².